The van der Waals surface area contributed by atoms with Gasteiger partial charge in [-0.05, 0) is 31.2 Å². The average Bonchev–Trinajstić information content (AvgIpc) is 2.62. The van der Waals surface area contributed by atoms with E-state index < -0.39 is 11.9 Å². The highest BCUT2D eigenvalue weighted by molar-refractivity contribution is 5.51. The average molecular weight is 399 g/mol. The van der Waals surface area contributed by atoms with Crippen molar-refractivity contribution in [3.05, 3.63) is 40.3 Å². The highest BCUT2D eigenvalue weighted by Gasteiger charge is 2.31. The van der Waals surface area contributed by atoms with Crippen LogP contribution in [0.25, 0.3) is 0 Å². The van der Waals surface area contributed by atoms with E-state index >= 15 is 0 Å². The monoisotopic (exact) mass is 399 g/mol. The van der Waals surface area contributed by atoms with Gasteiger partial charge in [0.15, 0.2) is 0 Å². The standard InChI is InChI=1S/C17H20F3N5O3/c1-10-14(15(26)25(22)16(21)23-10)24-8-6-12(7-9-24)27-11-2-4-13(5-3-11)28-17(18,19)20/h2-5,12H,6-9,22H2,1H3,(H2,21,23). The van der Waals surface area contributed by atoms with Crippen molar-refractivity contribution in [2.75, 3.05) is 29.6 Å². The minimum atomic E-state index is -4.73. The van der Waals surface area contributed by atoms with Crippen LogP contribution in [0.2, 0.25) is 0 Å². The molecule has 4 N–H and O–H groups in total. The number of alkyl halides is 3. The van der Waals surface area contributed by atoms with Gasteiger partial charge in [-0.3, -0.25) is 4.79 Å². The molecule has 0 spiro atoms. The molecule has 1 fully saturated rings. The second kappa shape index (κ2) is 7.49. The van der Waals surface area contributed by atoms with Crippen molar-refractivity contribution in [1.82, 2.24) is 9.66 Å². The first kappa shape index (κ1) is 19.6. The number of aromatic nitrogens is 2. The number of nitrogen functional groups attached to an aromatic ring is 2. The van der Waals surface area contributed by atoms with Crippen molar-refractivity contribution < 1.29 is 22.6 Å². The van der Waals surface area contributed by atoms with Crippen molar-refractivity contribution in [1.29, 1.82) is 0 Å². The number of ether oxygens (including phenoxy) is 2. The number of hydrogen-bond acceptors (Lipinski definition) is 7. The van der Waals surface area contributed by atoms with E-state index in [9.17, 15) is 18.0 Å². The van der Waals surface area contributed by atoms with Gasteiger partial charge >= 0.3 is 6.36 Å². The second-order valence-corrected chi connectivity index (χ2v) is 6.40. The first-order valence-corrected chi connectivity index (χ1v) is 8.55. The number of nitrogens with zero attached hydrogens (tertiary/aromatic N) is 3. The first-order chi connectivity index (χ1) is 13.1. The zero-order valence-electron chi connectivity index (χ0n) is 15.1. The van der Waals surface area contributed by atoms with Gasteiger partial charge in [-0.15, -0.1) is 13.2 Å². The fraction of sp³-hybridized carbons (Fsp3) is 0.412. The minimum absolute atomic E-state index is 0.0533. The molecule has 0 bridgehead atoms. The maximum absolute atomic E-state index is 12.4. The summed E-state index contributed by atoms with van der Waals surface area (Å²) in [5.41, 5.74) is 6.09. The SMILES string of the molecule is Cc1nc(N)n(N)c(=O)c1N1CCC(Oc2ccc(OC(F)(F)F)cc2)CC1. The number of piperidine rings is 1. The third kappa shape index (κ3) is 4.41. The third-order valence-corrected chi connectivity index (χ3v) is 4.41. The number of benzene rings is 1. The van der Waals surface area contributed by atoms with Crippen LogP contribution in [0.1, 0.15) is 18.5 Å². The van der Waals surface area contributed by atoms with Gasteiger partial charge in [0.2, 0.25) is 5.95 Å². The van der Waals surface area contributed by atoms with Gasteiger partial charge < -0.3 is 25.9 Å². The van der Waals surface area contributed by atoms with Crippen molar-refractivity contribution in [2.45, 2.75) is 32.2 Å². The van der Waals surface area contributed by atoms with Crippen LogP contribution in [0.4, 0.5) is 24.8 Å². The predicted octanol–water partition coefficient (Wildman–Crippen LogP) is 1.79. The van der Waals surface area contributed by atoms with Crippen molar-refractivity contribution in [3.63, 3.8) is 0 Å². The molecule has 1 saturated heterocycles. The molecular formula is C17H20F3N5O3. The molecule has 0 amide bonds. The van der Waals surface area contributed by atoms with Crippen LogP contribution in [-0.4, -0.2) is 35.2 Å². The summed E-state index contributed by atoms with van der Waals surface area (Å²) >= 11 is 0. The fourth-order valence-electron chi connectivity index (χ4n) is 3.13. The molecule has 0 aliphatic carbocycles. The summed E-state index contributed by atoms with van der Waals surface area (Å²) in [6, 6.07) is 5.25. The van der Waals surface area contributed by atoms with Crippen LogP contribution in [0.3, 0.4) is 0 Å². The lowest BCUT2D eigenvalue weighted by molar-refractivity contribution is -0.274. The Kier molecular flexibility index (Phi) is 5.25. The van der Waals surface area contributed by atoms with E-state index in [1.165, 1.54) is 24.3 Å². The molecule has 0 saturated carbocycles. The summed E-state index contributed by atoms with van der Waals surface area (Å²) in [4.78, 5) is 18.3. The first-order valence-electron chi connectivity index (χ1n) is 8.55. The maximum Gasteiger partial charge on any atom is 0.573 e. The Hall–Kier alpha value is -3.11. The number of rotatable bonds is 4. The molecule has 2 aromatic rings. The van der Waals surface area contributed by atoms with Gasteiger partial charge in [-0.25, -0.2) is 4.98 Å². The van der Waals surface area contributed by atoms with Gasteiger partial charge in [0.1, 0.15) is 23.3 Å². The highest BCUT2D eigenvalue weighted by atomic mass is 19.4. The lowest BCUT2D eigenvalue weighted by Gasteiger charge is -2.33. The fourth-order valence-corrected chi connectivity index (χ4v) is 3.13. The molecule has 0 unspecified atom stereocenters. The molecule has 1 aliphatic rings. The Morgan fingerprint density at radius 1 is 1.14 bits per heavy atom. The molecule has 0 atom stereocenters. The Labute approximate surface area is 158 Å². The Morgan fingerprint density at radius 3 is 2.29 bits per heavy atom. The molecule has 2 heterocycles. The van der Waals surface area contributed by atoms with Gasteiger partial charge in [-0.1, -0.05) is 0 Å². The smallest absolute Gasteiger partial charge is 0.490 e. The van der Waals surface area contributed by atoms with Gasteiger partial charge in [0, 0.05) is 25.9 Å². The van der Waals surface area contributed by atoms with Crippen LogP contribution in [0, 0.1) is 6.92 Å². The molecule has 11 heteroatoms. The van der Waals surface area contributed by atoms with Crippen molar-refractivity contribution in [3.8, 4) is 11.5 Å². The van der Waals surface area contributed by atoms with Crippen molar-refractivity contribution in [2.24, 2.45) is 0 Å². The molecular weight excluding hydrogens is 379 g/mol. The topological polar surface area (TPSA) is 109 Å². The molecule has 152 valence electrons. The second-order valence-electron chi connectivity index (χ2n) is 6.40. The lowest BCUT2D eigenvalue weighted by atomic mass is 10.1. The Balaban J connectivity index is 1.61. The molecule has 1 aromatic carbocycles. The quantitative estimate of drug-likeness (QED) is 0.755. The molecule has 8 nitrogen and oxygen atoms in total. The zero-order chi connectivity index (χ0) is 20.5. The third-order valence-electron chi connectivity index (χ3n) is 4.41. The molecule has 0 radical (unpaired) electrons. The molecule has 1 aliphatic heterocycles. The molecule has 28 heavy (non-hydrogen) atoms. The van der Waals surface area contributed by atoms with E-state index in [1.807, 2.05) is 4.90 Å². The number of hydrogen-bond donors (Lipinski definition) is 2. The lowest BCUT2D eigenvalue weighted by Crippen LogP contribution is -2.43. The van der Waals surface area contributed by atoms with E-state index in [2.05, 4.69) is 9.72 Å². The summed E-state index contributed by atoms with van der Waals surface area (Å²) in [6.07, 6.45) is -3.62. The van der Waals surface area contributed by atoms with E-state index in [1.54, 1.807) is 6.92 Å². The molecule has 3 rings (SSSR count). The largest absolute Gasteiger partial charge is 0.573 e. The summed E-state index contributed by atoms with van der Waals surface area (Å²) in [7, 11) is 0. The van der Waals surface area contributed by atoms with E-state index in [0.717, 1.165) is 4.68 Å². The van der Waals surface area contributed by atoms with E-state index in [4.69, 9.17) is 16.3 Å². The van der Waals surface area contributed by atoms with Gasteiger partial charge in [0.25, 0.3) is 5.56 Å². The Morgan fingerprint density at radius 2 is 1.71 bits per heavy atom. The maximum atomic E-state index is 12.4. The Bertz CT molecular complexity index is 891. The summed E-state index contributed by atoms with van der Waals surface area (Å²) < 4.78 is 47.0. The number of nitrogens with two attached hydrogens (primary N) is 2. The van der Waals surface area contributed by atoms with Crippen molar-refractivity contribution >= 4 is 11.6 Å². The van der Waals surface area contributed by atoms with Crippen LogP contribution in [-0.2, 0) is 0 Å². The molecule has 1 aromatic heterocycles. The van der Waals surface area contributed by atoms with Gasteiger partial charge in [0.05, 0.1) is 5.69 Å². The normalized spacial score (nSPS) is 15.5. The van der Waals surface area contributed by atoms with Crippen LogP contribution < -0.4 is 31.5 Å². The zero-order valence-corrected chi connectivity index (χ0v) is 15.1. The van der Waals surface area contributed by atoms with Crippen LogP contribution in [0.5, 0.6) is 11.5 Å². The van der Waals surface area contributed by atoms with Crippen LogP contribution >= 0.6 is 0 Å². The minimum Gasteiger partial charge on any atom is -0.490 e. The van der Waals surface area contributed by atoms with E-state index in [0.29, 0.717) is 43.1 Å². The van der Waals surface area contributed by atoms with E-state index in [-0.39, 0.29) is 17.8 Å². The number of aryl methyl sites for hydroxylation is 1. The number of halogens is 3. The number of anilines is 2. The van der Waals surface area contributed by atoms with Gasteiger partial charge in [-0.2, -0.15) is 4.68 Å². The predicted molar refractivity (Wildman–Crippen MR) is 96.8 cm³/mol. The highest BCUT2D eigenvalue weighted by Crippen LogP contribution is 2.27. The summed E-state index contributed by atoms with van der Waals surface area (Å²) in [5, 5.41) is 0. The summed E-state index contributed by atoms with van der Waals surface area (Å²) in [5.74, 6) is 5.71. The summed E-state index contributed by atoms with van der Waals surface area (Å²) in [6.45, 7) is 2.78. The van der Waals surface area contributed by atoms with Crippen LogP contribution in [0.15, 0.2) is 29.1 Å².